The Hall–Kier alpha value is -7.65. The predicted molar refractivity (Wildman–Crippen MR) is 260 cm³/mol. The predicted octanol–water partition coefficient (Wildman–Crippen LogP) is 4.50. The van der Waals surface area contributed by atoms with Crippen LogP contribution in [0.2, 0.25) is 0 Å². The number of nitrogens with one attached hydrogen (secondary N) is 1. The largest absolute Gasteiger partial charge is 0.491 e. The number of piperazine rings is 1. The highest BCUT2D eigenvalue weighted by molar-refractivity contribution is 6.25. The molecule has 4 amide bonds. The van der Waals surface area contributed by atoms with Crippen molar-refractivity contribution in [3.05, 3.63) is 149 Å². The first-order valence-corrected chi connectivity index (χ1v) is 23.7. The number of aromatic nitrogens is 2. The number of hydrogen-bond donors (Lipinski definition) is 3. The molecule has 0 radical (unpaired) electrons. The molecule has 0 saturated carbocycles. The minimum absolute atomic E-state index is 0.0510. The van der Waals surface area contributed by atoms with Crippen molar-refractivity contribution in [1.82, 2.24) is 25.1 Å². The van der Waals surface area contributed by atoms with Gasteiger partial charge in [0.05, 0.1) is 44.0 Å². The number of morpholine rings is 1. The van der Waals surface area contributed by atoms with Crippen molar-refractivity contribution in [2.24, 2.45) is 11.8 Å². The van der Waals surface area contributed by atoms with Gasteiger partial charge in [0.15, 0.2) is 0 Å². The standard InChI is InChI=1S/C54H55N7O10/c1-34(2)43(49(65)69-3)57-53(68)60-41-22-21-35(14-10-11-29-62)32-40(41)54(51(60)67)42(48(64)58-25-27-59(28-26-58)52-55-23-13-24-56-52)45-50(66)71-46(37-17-8-5-9-18-37)44(36-15-6-4-7-16-36)61(45)47(54)38-19-12-20-39(33-38)70-31-30-63/h4-9,12-13,15-24,32-34,42-47,62-63H,11,25-31H2,1-3H3,(H,57,68)/t42-,43-,44-,45-,46+,47+,54-/m0/s1. The number of fused-ring (bicyclic) bond motifs is 3. The van der Waals surface area contributed by atoms with Crippen molar-refractivity contribution in [3.8, 4) is 17.6 Å². The van der Waals surface area contributed by atoms with E-state index in [1.54, 1.807) is 79.7 Å². The number of cyclic esters (lactones) is 1. The van der Waals surface area contributed by atoms with Gasteiger partial charge in [-0.15, -0.1) is 0 Å². The average Bonchev–Trinajstić information content (AvgIpc) is 3.86. The number of amides is 4. The van der Waals surface area contributed by atoms with Gasteiger partial charge in [-0.05, 0) is 64.6 Å². The molecular formula is C54H55N7O10. The summed E-state index contributed by atoms with van der Waals surface area (Å²) in [5, 5.41) is 22.3. The summed E-state index contributed by atoms with van der Waals surface area (Å²) in [6.45, 7) is 3.92. The van der Waals surface area contributed by atoms with Gasteiger partial charge in [-0.2, -0.15) is 0 Å². The summed E-state index contributed by atoms with van der Waals surface area (Å²) in [4.78, 5) is 92.4. The number of anilines is 2. The number of imide groups is 1. The van der Waals surface area contributed by atoms with E-state index in [0.29, 0.717) is 41.5 Å². The molecule has 0 bridgehead atoms. The van der Waals surface area contributed by atoms with Crippen LogP contribution in [0.4, 0.5) is 16.4 Å². The van der Waals surface area contributed by atoms with E-state index in [-0.39, 0.29) is 50.6 Å². The Morgan fingerprint density at radius 3 is 2.18 bits per heavy atom. The highest BCUT2D eigenvalue weighted by atomic mass is 16.6. The molecule has 0 aliphatic carbocycles. The van der Waals surface area contributed by atoms with Crippen molar-refractivity contribution < 1.29 is 48.4 Å². The number of benzene rings is 4. The minimum atomic E-state index is -2.12. The lowest BCUT2D eigenvalue weighted by Crippen LogP contribution is -2.60. The molecule has 3 saturated heterocycles. The number of nitrogens with zero attached hydrogens (tertiary/aromatic N) is 6. The fraction of sp³-hybridized carbons (Fsp3) is 0.352. The van der Waals surface area contributed by atoms with E-state index in [0.717, 1.165) is 10.5 Å². The molecule has 0 unspecified atom stereocenters. The smallest absolute Gasteiger partial charge is 0.329 e. The average molecular weight is 962 g/mol. The van der Waals surface area contributed by atoms with E-state index in [2.05, 4.69) is 27.1 Å². The fourth-order valence-corrected chi connectivity index (χ4v) is 10.7. The van der Waals surface area contributed by atoms with E-state index >= 15 is 19.2 Å². The number of urea groups is 1. The molecule has 3 fully saturated rings. The summed E-state index contributed by atoms with van der Waals surface area (Å²) in [5.74, 6) is 2.02. The van der Waals surface area contributed by atoms with Gasteiger partial charge < -0.3 is 39.5 Å². The summed E-state index contributed by atoms with van der Waals surface area (Å²) >= 11 is 0. The van der Waals surface area contributed by atoms with Crippen LogP contribution in [0.1, 0.15) is 66.3 Å². The van der Waals surface area contributed by atoms with Gasteiger partial charge in [0.25, 0.3) is 0 Å². The van der Waals surface area contributed by atoms with Gasteiger partial charge in [0.2, 0.25) is 17.8 Å². The maximum Gasteiger partial charge on any atom is 0.329 e. The first-order valence-electron chi connectivity index (χ1n) is 23.7. The van der Waals surface area contributed by atoms with Crippen LogP contribution < -0.4 is 19.9 Å². The zero-order valence-electron chi connectivity index (χ0n) is 39.6. The van der Waals surface area contributed by atoms with Gasteiger partial charge in [-0.25, -0.2) is 24.5 Å². The molecule has 17 heteroatoms. The van der Waals surface area contributed by atoms with E-state index < -0.39 is 77.3 Å². The van der Waals surface area contributed by atoms with Crippen LogP contribution in [0, 0.1) is 23.7 Å². The van der Waals surface area contributed by atoms with Crippen LogP contribution in [-0.4, -0.2) is 125 Å². The van der Waals surface area contributed by atoms with Crippen LogP contribution in [0.5, 0.6) is 5.75 Å². The zero-order chi connectivity index (χ0) is 49.8. The molecular weight excluding hydrogens is 907 g/mol. The molecule has 1 aromatic heterocycles. The maximum absolute atomic E-state index is 16.8. The number of carbonyl (C=O) groups is 5. The molecule has 7 atom stereocenters. The summed E-state index contributed by atoms with van der Waals surface area (Å²) in [6.07, 6.45) is 2.47. The van der Waals surface area contributed by atoms with Crippen LogP contribution in [0.3, 0.4) is 0 Å². The van der Waals surface area contributed by atoms with Crippen LogP contribution >= 0.6 is 0 Å². The first-order chi connectivity index (χ1) is 34.5. The van der Waals surface area contributed by atoms with Gasteiger partial charge in [-0.3, -0.25) is 19.3 Å². The number of ether oxygens (including phenoxy) is 3. The van der Waals surface area contributed by atoms with Crippen LogP contribution in [0.25, 0.3) is 0 Å². The van der Waals surface area contributed by atoms with E-state index in [1.807, 2.05) is 70.5 Å². The first kappa shape index (κ1) is 48.4. The maximum atomic E-state index is 16.8. The zero-order valence-corrected chi connectivity index (χ0v) is 39.6. The molecule has 3 N–H and O–H groups in total. The molecule has 4 aliphatic rings. The van der Waals surface area contributed by atoms with E-state index in [9.17, 15) is 15.0 Å². The number of methoxy groups -OCH3 is 1. The Kier molecular flexibility index (Phi) is 14.1. The number of aliphatic hydroxyl groups is 2. The van der Waals surface area contributed by atoms with Crippen LogP contribution in [0.15, 0.2) is 122 Å². The number of esters is 2. The molecule has 4 aliphatic heterocycles. The second kappa shape index (κ2) is 20.7. The monoisotopic (exact) mass is 961 g/mol. The van der Waals surface area contributed by atoms with Gasteiger partial charge in [0, 0.05) is 50.6 Å². The topological polar surface area (TPSA) is 204 Å². The second-order valence-corrected chi connectivity index (χ2v) is 18.1. The molecule has 1 spiro atoms. The lowest BCUT2D eigenvalue weighted by Gasteiger charge is -2.46. The highest BCUT2D eigenvalue weighted by Gasteiger charge is 2.76. The molecule has 366 valence electrons. The number of rotatable bonds is 12. The molecule has 5 heterocycles. The Morgan fingerprint density at radius 1 is 0.831 bits per heavy atom. The Balaban J connectivity index is 1.34. The number of hydrogen-bond acceptors (Lipinski definition) is 14. The normalized spacial score (nSPS) is 23.1. The summed E-state index contributed by atoms with van der Waals surface area (Å²) < 4.78 is 17.7. The third-order valence-corrected chi connectivity index (χ3v) is 13.8. The molecule has 17 nitrogen and oxygen atoms in total. The van der Waals surface area contributed by atoms with Crippen molar-refractivity contribution in [2.75, 3.05) is 62.9 Å². The van der Waals surface area contributed by atoms with Gasteiger partial charge >= 0.3 is 18.0 Å². The van der Waals surface area contributed by atoms with Crippen molar-refractivity contribution in [1.29, 1.82) is 0 Å². The number of carbonyl (C=O) groups excluding carboxylic acids is 5. The van der Waals surface area contributed by atoms with Crippen molar-refractivity contribution in [2.45, 2.75) is 56.0 Å². The fourth-order valence-electron chi connectivity index (χ4n) is 10.7. The van der Waals surface area contributed by atoms with E-state index in [4.69, 9.17) is 14.2 Å². The summed E-state index contributed by atoms with van der Waals surface area (Å²) in [6, 6.07) is 26.7. The van der Waals surface area contributed by atoms with Gasteiger partial charge in [0.1, 0.15) is 36.0 Å². The lowest BCUT2D eigenvalue weighted by atomic mass is 9.64. The van der Waals surface area contributed by atoms with Gasteiger partial charge in [-0.1, -0.05) is 98.5 Å². The third kappa shape index (κ3) is 8.83. The Labute approximate surface area is 411 Å². The highest BCUT2D eigenvalue weighted by Crippen LogP contribution is 2.66. The second-order valence-electron chi connectivity index (χ2n) is 18.1. The molecule has 5 aromatic rings. The third-order valence-electron chi connectivity index (χ3n) is 13.8. The molecule has 71 heavy (non-hydrogen) atoms. The van der Waals surface area contributed by atoms with Crippen molar-refractivity contribution in [3.63, 3.8) is 0 Å². The molecule has 9 rings (SSSR count). The lowest BCUT2D eigenvalue weighted by molar-refractivity contribution is -0.179. The summed E-state index contributed by atoms with van der Waals surface area (Å²) in [5.41, 5.74) is 0.488. The Morgan fingerprint density at radius 2 is 1.52 bits per heavy atom. The van der Waals surface area contributed by atoms with Crippen LogP contribution in [-0.2, 0) is 34.1 Å². The molecule has 4 aromatic carbocycles. The van der Waals surface area contributed by atoms with E-state index in [1.165, 1.54) is 7.11 Å². The van der Waals surface area contributed by atoms with Crippen molar-refractivity contribution >= 4 is 41.4 Å². The summed E-state index contributed by atoms with van der Waals surface area (Å²) in [7, 11) is 1.21. The minimum Gasteiger partial charge on any atom is -0.491 e. The number of aliphatic hydroxyl groups excluding tert-OH is 2. The SMILES string of the molecule is COC(=O)[C@@H](NC(=O)N1C(=O)[C@@]2(c3cc(C#CCCO)ccc31)[C@H](C(=O)N1CCN(c3ncccn3)CC1)[C@H]1C(=O)O[C@H](c3ccccc3)[C@H](c3ccccc3)N1[C@@H]2c1cccc(OCCO)c1)C(C)C. The quantitative estimate of drug-likeness (QED) is 0.116. The Bertz CT molecular complexity index is 2840.